The van der Waals surface area contributed by atoms with Crippen LogP contribution in [0.5, 0.6) is 0 Å². The van der Waals surface area contributed by atoms with E-state index in [1.165, 1.54) is 0 Å². The number of aromatic nitrogens is 2. The molecule has 0 aliphatic carbocycles. The third-order valence-corrected chi connectivity index (χ3v) is 5.50. The fraction of sp³-hybridized carbons (Fsp3) is 0.778. The molecule has 3 rings (SSSR count). The topological polar surface area (TPSA) is 67.6 Å². The van der Waals surface area contributed by atoms with Crippen LogP contribution in [0.1, 0.15) is 36.9 Å². The number of aryl methyl sites for hydroxylation is 1. The summed E-state index contributed by atoms with van der Waals surface area (Å²) in [5, 5.41) is 10.6. The number of aliphatic hydroxyl groups is 1. The summed E-state index contributed by atoms with van der Waals surface area (Å²) in [6.45, 7) is 8.33. The van der Waals surface area contributed by atoms with Crippen molar-refractivity contribution in [1.82, 2.24) is 14.5 Å². The number of β-amino-alcohol motifs (C(OH)–C–C–N with tert-alkyl or cyclic N) is 1. The number of hydrogen-bond donors (Lipinski definition) is 1. The van der Waals surface area contributed by atoms with E-state index in [0.29, 0.717) is 19.1 Å². The quantitative estimate of drug-likeness (QED) is 0.893. The molecule has 24 heavy (non-hydrogen) atoms. The number of hydrogen-bond acceptors (Lipinski definition) is 5. The maximum absolute atomic E-state index is 12.3. The molecule has 6 nitrogen and oxygen atoms in total. The Bertz CT molecular complexity index is 614. The zero-order chi connectivity index (χ0) is 17.2. The van der Waals surface area contributed by atoms with Crippen molar-refractivity contribution in [2.45, 2.75) is 51.7 Å². The highest BCUT2D eigenvalue weighted by Gasteiger charge is 2.33. The van der Waals surface area contributed by atoms with Crippen LogP contribution in [0.3, 0.4) is 0 Å². The van der Waals surface area contributed by atoms with Gasteiger partial charge in [-0.2, -0.15) is 0 Å². The lowest BCUT2D eigenvalue weighted by Crippen LogP contribution is -2.50. The van der Waals surface area contributed by atoms with Crippen LogP contribution in [0.25, 0.3) is 0 Å². The van der Waals surface area contributed by atoms with Crippen LogP contribution in [0.2, 0.25) is 0 Å². The predicted molar refractivity (Wildman–Crippen MR) is 92.1 cm³/mol. The molecule has 1 aromatic rings. The molecule has 2 fully saturated rings. The molecule has 2 saturated heterocycles. The lowest BCUT2D eigenvalue weighted by atomic mass is 9.92. The molecule has 0 spiro atoms. The third-order valence-electron chi connectivity index (χ3n) is 5.50. The van der Waals surface area contributed by atoms with Gasteiger partial charge in [-0.3, -0.25) is 9.36 Å². The Morgan fingerprint density at radius 1 is 1.38 bits per heavy atom. The van der Waals surface area contributed by atoms with Crippen LogP contribution >= 0.6 is 0 Å². The maximum atomic E-state index is 12.3. The van der Waals surface area contributed by atoms with Gasteiger partial charge >= 0.3 is 0 Å². The van der Waals surface area contributed by atoms with Gasteiger partial charge in [0, 0.05) is 31.0 Å². The van der Waals surface area contributed by atoms with Crippen LogP contribution in [0.4, 0.5) is 0 Å². The molecule has 3 heterocycles. The van der Waals surface area contributed by atoms with Crippen molar-refractivity contribution in [3.63, 3.8) is 0 Å². The van der Waals surface area contributed by atoms with Crippen LogP contribution in [-0.2, 0) is 11.3 Å². The Labute approximate surface area is 143 Å². The minimum atomic E-state index is -0.681. The molecular weight excluding hydrogens is 306 g/mol. The molecule has 0 amide bonds. The second kappa shape index (κ2) is 7.33. The highest BCUT2D eigenvalue weighted by Crippen LogP contribution is 2.24. The highest BCUT2D eigenvalue weighted by molar-refractivity contribution is 5.12. The molecule has 1 aromatic heterocycles. The van der Waals surface area contributed by atoms with Gasteiger partial charge in [-0.15, -0.1) is 0 Å². The van der Waals surface area contributed by atoms with Gasteiger partial charge in [-0.1, -0.05) is 0 Å². The Morgan fingerprint density at radius 3 is 2.79 bits per heavy atom. The Balaban J connectivity index is 1.52. The molecule has 2 aliphatic rings. The van der Waals surface area contributed by atoms with Crippen LogP contribution in [0.15, 0.2) is 11.1 Å². The minimum Gasteiger partial charge on any atom is -0.386 e. The molecule has 1 N–H and O–H groups in total. The standard InChI is InChI=1S/C18H29N3O3/c1-14-15(2)19-13-21(17(14)22)10-16-4-7-20(8-5-16)11-18(23)6-3-9-24-12-18/h13,16,23H,3-12H2,1-2H3. The van der Waals surface area contributed by atoms with E-state index in [1.807, 2.05) is 13.8 Å². The van der Waals surface area contributed by atoms with Gasteiger partial charge in [0.2, 0.25) is 0 Å². The first-order valence-corrected chi connectivity index (χ1v) is 9.02. The van der Waals surface area contributed by atoms with E-state index in [2.05, 4.69) is 9.88 Å². The zero-order valence-corrected chi connectivity index (χ0v) is 14.8. The van der Waals surface area contributed by atoms with Crippen molar-refractivity contribution in [2.75, 3.05) is 32.8 Å². The van der Waals surface area contributed by atoms with Crippen molar-refractivity contribution in [1.29, 1.82) is 0 Å². The Morgan fingerprint density at radius 2 is 2.12 bits per heavy atom. The maximum Gasteiger partial charge on any atom is 0.256 e. The summed E-state index contributed by atoms with van der Waals surface area (Å²) in [6, 6.07) is 0. The highest BCUT2D eigenvalue weighted by atomic mass is 16.5. The van der Waals surface area contributed by atoms with E-state index in [-0.39, 0.29) is 5.56 Å². The fourth-order valence-electron chi connectivity index (χ4n) is 3.79. The molecule has 0 aromatic carbocycles. The smallest absolute Gasteiger partial charge is 0.256 e. The van der Waals surface area contributed by atoms with Crippen molar-refractivity contribution in [3.05, 3.63) is 27.9 Å². The summed E-state index contributed by atoms with van der Waals surface area (Å²) < 4.78 is 7.19. The Hall–Kier alpha value is -1.24. The molecule has 0 radical (unpaired) electrons. The number of rotatable bonds is 4. The monoisotopic (exact) mass is 335 g/mol. The summed E-state index contributed by atoms with van der Waals surface area (Å²) in [7, 11) is 0. The molecule has 0 bridgehead atoms. The van der Waals surface area contributed by atoms with E-state index in [4.69, 9.17) is 4.74 Å². The van der Waals surface area contributed by atoms with Crippen molar-refractivity contribution in [3.8, 4) is 0 Å². The van der Waals surface area contributed by atoms with Crippen molar-refractivity contribution < 1.29 is 9.84 Å². The summed E-state index contributed by atoms with van der Waals surface area (Å²) in [4.78, 5) is 18.9. The molecule has 6 heteroatoms. The van der Waals surface area contributed by atoms with Crippen molar-refractivity contribution in [2.24, 2.45) is 5.92 Å². The molecular formula is C18H29N3O3. The number of likely N-dealkylation sites (tertiary alicyclic amines) is 1. The molecule has 0 saturated carbocycles. The van der Waals surface area contributed by atoms with Gasteiger partial charge in [-0.25, -0.2) is 4.98 Å². The minimum absolute atomic E-state index is 0.0820. The normalized spacial score (nSPS) is 26.6. The third kappa shape index (κ3) is 4.05. The second-order valence-corrected chi connectivity index (χ2v) is 7.51. The summed E-state index contributed by atoms with van der Waals surface area (Å²) >= 11 is 0. The predicted octanol–water partition coefficient (Wildman–Crippen LogP) is 1.11. The van der Waals surface area contributed by atoms with Gasteiger partial charge < -0.3 is 14.7 Å². The van der Waals surface area contributed by atoms with Gasteiger partial charge in [0.05, 0.1) is 12.9 Å². The zero-order valence-electron chi connectivity index (χ0n) is 14.8. The van der Waals surface area contributed by atoms with Gasteiger partial charge in [0.25, 0.3) is 5.56 Å². The molecule has 2 aliphatic heterocycles. The van der Waals surface area contributed by atoms with E-state index in [9.17, 15) is 9.90 Å². The van der Waals surface area contributed by atoms with Crippen LogP contribution in [-0.4, -0.2) is 58.0 Å². The Kier molecular flexibility index (Phi) is 5.37. The van der Waals surface area contributed by atoms with E-state index in [0.717, 1.165) is 63.2 Å². The summed E-state index contributed by atoms with van der Waals surface area (Å²) in [5.74, 6) is 0.500. The molecule has 1 atom stereocenters. The average molecular weight is 335 g/mol. The molecule has 134 valence electrons. The van der Waals surface area contributed by atoms with E-state index < -0.39 is 5.60 Å². The fourth-order valence-corrected chi connectivity index (χ4v) is 3.79. The first kappa shape index (κ1) is 17.6. The van der Waals surface area contributed by atoms with Gasteiger partial charge in [0.1, 0.15) is 5.60 Å². The summed E-state index contributed by atoms with van der Waals surface area (Å²) in [5.41, 5.74) is 0.960. The second-order valence-electron chi connectivity index (χ2n) is 7.51. The SMILES string of the molecule is Cc1ncn(CC2CCN(CC3(O)CCCOC3)CC2)c(=O)c1C. The lowest BCUT2D eigenvalue weighted by molar-refractivity contribution is -0.103. The first-order chi connectivity index (χ1) is 11.5. The number of nitrogens with zero attached hydrogens (tertiary/aromatic N) is 3. The number of piperidine rings is 1. The first-order valence-electron chi connectivity index (χ1n) is 9.02. The van der Waals surface area contributed by atoms with Crippen molar-refractivity contribution >= 4 is 0 Å². The van der Waals surface area contributed by atoms with Crippen LogP contribution < -0.4 is 5.56 Å². The average Bonchev–Trinajstić information content (AvgIpc) is 2.57. The van der Waals surface area contributed by atoms with Gasteiger partial charge in [-0.05, 0) is 58.5 Å². The largest absolute Gasteiger partial charge is 0.386 e. The van der Waals surface area contributed by atoms with Gasteiger partial charge in [0.15, 0.2) is 0 Å². The van der Waals surface area contributed by atoms with Crippen LogP contribution in [0, 0.1) is 19.8 Å². The van der Waals surface area contributed by atoms with E-state index in [1.54, 1.807) is 10.9 Å². The summed E-state index contributed by atoms with van der Waals surface area (Å²) in [6.07, 6.45) is 5.55. The van der Waals surface area contributed by atoms with E-state index >= 15 is 0 Å². The lowest BCUT2D eigenvalue weighted by Gasteiger charge is -2.39. The number of ether oxygens (including phenoxy) is 1. The molecule has 1 unspecified atom stereocenters.